The number of carbonyl (C=O) groups is 3. The molecule has 0 aliphatic carbocycles. The zero-order valence-corrected chi connectivity index (χ0v) is 13.5. The van der Waals surface area contributed by atoms with Gasteiger partial charge in [0.2, 0.25) is 5.60 Å². The molecule has 0 aromatic rings. The van der Waals surface area contributed by atoms with Crippen molar-refractivity contribution < 1.29 is 39.5 Å². The molecule has 0 radical (unpaired) electrons. The number of aldehydes is 2. The highest BCUT2D eigenvalue weighted by Crippen LogP contribution is 2.40. The quantitative estimate of drug-likeness (QED) is 0.149. The molecule has 0 bridgehead atoms. The lowest BCUT2D eigenvalue weighted by atomic mass is 9.92. The molecule has 5 atom stereocenters. The lowest BCUT2D eigenvalue weighted by Gasteiger charge is -2.39. The van der Waals surface area contributed by atoms with E-state index in [-0.39, 0.29) is 24.1 Å². The van der Waals surface area contributed by atoms with Crippen molar-refractivity contribution in [3.63, 3.8) is 0 Å². The fourth-order valence-corrected chi connectivity index (χ4v) is 3.13. The van der Waals surface area contributed by atoms with E-state index < -0.39 is 48.1 Å². The molecule has 27 heavy (non-hydrogen) atoms. The van der Waals surface area contributed by atoms with Crippen molar-refractivity contribution in [2.24, 2.45) is 26.4 Å². The maximum atomic E-state index is 12.2. The minimum atomic E-state index is -2.87. The maximum Gasteiger partial charge on any atom is 0.274 e. The van der Waals surface area contributed by atoms with Crippen LogP contribution in [0.4, 0.5) is 0 Å². The van der Waals surface area contributed by atoms with Crippen LogP contribution in [0.15, 0.2) is 15.0 Å². The van der Waals surface area contributed by atoms with Crippen molar-refractivity contribution >= 4 is 36.4 Å². The highest BCUT2D eigenvalue weighted by molar-refractivity contribution is 6.47. The molecule has 3 aliphatic rings. The number of nitrogens with zero attached hydrogens (tertiary/aromatic N) is 4. The van der Waals surface area contributed by atoms with E-state index in [1.54, 1.807) is 0 Å². The second-order valence-electron chi connectivity index (χ2n) is 6.16. The molecule has 14 nitrogen and oxygen atoms in total. The fourth-order valence-electron chi connectivity index (χ4n) is 3.13. The van der Waals surface area contributed by atoms with Crippen molar-refractivity contribution in [1.29, 1.82) is 0 Å². The number of carbonyl (C=O) groups excluding carboxylic acids is 3. The molecule has 1 fully saturated rings. The Bertz CT molecular complexity index is 786. The van der Waals surface area contributed by atoms with E-state index in [0.29, 0.717) is 0 Å². The van der Waals surface area contributed by atoms with Crippen molar-refractivity contribution in [2.45, 2.75) is 35.5 Å². The number of nitrogens with two attached hydrogens (primary N) is 2. The van der Waals surface area contributed by atoms with Crippen molar-refractivity contribution in [2.75, 3.05) is 6.67 Å². The van der Waals surface area contributed by atoms with E-state index in [4.69, 9.17) is 16.2 Å². The van der Waals surface area contributed by atoms with Gasteiger partial charge in [-0.15, -0.1) is 0 Å². The Morgan fingerprint density at radius 1 is 1.41 bits per heavy atom. The summed E-state index contributed by atoms with van der Waals surface area (Å²) in [4.78, 5) is 46.6. The molecule has 14 heteroatoms. The molecule has 0 aromatic carbocycles. The SMILES string of the molecule is NC(=O)[C@@]1(N2CN=C3C2=NC=NC3(N)O)O[C@H](C(O)(C=O)C=O)[C@@H](O)[C@H]1O. The molecule has 1 amide bonds. The highest BCUT2D eigenvalue weighted by Gasteiger charge is 2.68. The summed E-state index contributed by atoms with van der Waals surface area (Å²) in [7, 11) is 0. The van der Waals surface area contributed by atoms with Gasteiger partial charge >= 0.3 is 0 Å². The van der Waals surface area contributed by atoms with Crippen LogP contribution in [0, 0.1) is 0 Å². The second-order valence-corrected chi connectivity index (χ2v) is 6.16. The van der Waals surface area contributed by atoms with Crippen LogP contribution in [0.2, 0.25) is 0 Å². The number of amidine groups is 1. The molecule has 0 saturated carbocycles. The van der Waals surface area contributed by atoms with Crippen LogP contribution < -0.4 is 11.5 Å². The van der Waals surface area contributed by atoms with E-state index in [0.717, 1.165) is 11.2 Å². The van der Waals surface area contributed by atoms with Crippen LogP contribution in [0.25, 0.3) is 0 Å². The Kier molecular flexibility index (Phi) is 4.22. The predicted molar refractivity (Wildman–Crippen MR) is 85.1 cm³/mol. The molecule has 146 valence electrons. The molecule has 1 saturated heterocycles. The molecule has 0 spiro atoms. The van der Waals surface area contributed by atoms with Crippen LogP contribution in [0.5, 0.6) is 0 Å². The van der Waals surface area contributed by atoms with Crippen molar-refractivity contribution in [3.05, 3.63) is 0 Å². The van der Waals surface area contributed by atoms with Gasteiger partial charge in [-0.1, -0.05) is 0 Å². The van der Waals surface area contributed by atoms with Gasteiger partial charge in [0.05, 0.1) is 0 Å². The summed E-state index contributed by atoms with van der Waals surface area (Å²) in [6, 6.07) is 0. The zero-order chi connectivity index (χ0) is 20.2. The molecule has 3 rings (SSSR count). The number of amides is 1. The van der Waals surface area contributed by atoms with E-state index >= 15 is 0 Å². The molecule has 1 unspecified atom stereocenters. The van der Waals surface area contributed by atoms with Gasteiger partial charge in [0, 0.05) is 0 Å². The summed E-state index contributed by atoms with van der Waals surface area (Å²) in [5.41, 5.74) is 5.20. The Labute approximate surface area is 150 Å². The minimum Gasteiger partial charge on any atom is -0.387 e. The van der Waals surface area contributed by atoms with Crippen LogP contribution >= 0.6 is 0 Å². The summed E-state index contributed by atoms with van der Waals surface area (Å²) in [6.07, 6.45) is -5.80. The highest BCUT2D eigenvalue weighted by atomic mass is 16.6. The number of ether oxygens (including phenoxy) is 1. The summed E-state index contributed by atoms with van der Waals surface area (Å²) in [5.74, 6) is -3.88. The van der Waals surface area contributed by atoms with Gasteiger partial charge in [0.15, 0.2) is 18.4 Å². The third-order valence-corrected chi connectivity index (χ3v) is 4.55. The lowest BCUT2D eigenvalue weighted by Crippen LogP contribution is -2.67. The van der Waals surface area contributed by atoms with E-state index in [2.05, 4.69) is 15.0 Å². The third kappa shape index (κ3) is 2.43. The average Bonchev–Trinajstić information content (AvgIpc) is 3.17. The Morgan fingerprint density at radius 3 is 2.59 bits per heavy atom. The molecular weight excluding hydrogens is 368 g/mol. The number of rotatable bonds is 5. The van der Waals surface area contributed by atoms with E-state index in [1.807, 2.05) is 0 Å². The van der Waals surface area contributed by atoms with E-state index in [1.165, 1.54) is 0 Å². The van der Waals surface area contributed by atoms with Gasteiger partial charge in [-0.3, -0.25) is 30.0 Å². The van der Waals surface area contributed by atoms with Crippen molar-refractivity contribution in [1.82, 2.24) is 4.90 Å². The standard InChI is InChI=1S/C13H16N6O8/c14-10(24)12(7(23)5(22)8(27-12)11(25,1-20)2-21)19-4-17-6-9(19)16-3-18-13(6,15)26/h1-3,5,7-8,22-23,25-26H,4,15H2,(H2,14,24)/t5-,7+,8-,12-,13?/m0/s1. The average molecular weight is 384 g/mol. The third-order valence-electron chi connectivity index (χ3n) is 4.55. The molecule has 0 aromatic heterocycles. The Balaban J connectivity index is 2.08. The van der Waals surface area contributed by atoms with Gasteiger partial charge in [0.25, 0.3) is 17.5 Å². The Hall–Kier alpha value is -2.62. The number of aliphatic hydroxyl groups is 4. The molecule has 3 aliphatic heterocycles. The summed E-state index contributed by atoms with van der Waals surface area (Å²) < 4.78 is 5.30. The number of aliphatic imine (C=N–C) groups is 3. The van der Waals surface area contributed by atoms with Crippen LogP contribution in [0.3, 0.4) is 0 Å². The summed E-state index contributed by atoms with van der Waals surface area (Å²) >= 11 is 0. The lowest BCUT2D eigenvalue weighted by molar-refractivity contribution is -0.194. The van der Waals surface area contributed by atoms with Crippen LogP contribution in [-0.4, -0.2) is 104 Å². The first kappa shape index (κ1) is 19.2. The van der Waals surface area contributed by atoms with Crippen LogP contribution in [-0.2, 0) is 19.1 Å². The number of primary amides is 1. The van der Waals surface area contributed by atoms with Gasteiger partial charge in [-0.2, -0.15) is 0 Å². The molecule has 8 N–H and O–H groups in total. The normalized spacial score (nSPS) is 38.3. The second kappa shape index (κ2) is 5.95. The summed E-state index contributed by atoms with van der Waals surface area (Å²) in [5, 5.41) is 40.8. The molecule has 3 heterocycles. The number of fused-ring (bicyclic) bond motifs is 1. The fraction of sp³-hybridized carbons (Fsp3) is 0.538. The minimum absolute atomic E-state index is 0.215. The van der Waals surface area contributed by atoms with Gasteiger partial charge in [0.1, 0.15) is 37.0 Å². The van der Waals surface area contributed by atoms with Crippen LogP contribution in [0.1, 0.15) is 0 Å². The smallest absolute Gasteiger partial charge is 0.274 e. The zero-order valence-electron chi connectivity index (χ0n) is 13.5. The first-order valence-corrected chi connectivity index (χ1v) is 7.49. The first-order valence-electron chi connectivity index (χ1n) is 7.49. The topological polar surface area (TPSA) is 234 Å². The predicted octanol–water partition coefficient (Wildman–Crippen LogP) is -5.82. The number of hydrogen-bond acceptors (Lipinski definition) is 13. The number of aliphatic hydroxyl groups excluding tert-OH is 2. The van der Waals surface area contributed by atoms with Gasteiger partial charge < -0.3 is 30.9 Å². The first-order chi connectivity index (χ1) is 12.5. The van der Waals surface area contributed by atoms with E-state index in [9.17, 15) is 34.8 Å². The Morgan fingerprint density at radius 2 is 2.04 bits per heavy atom. The van der Waals surface area contributed by atoms with Gasteiger partial charge in [-0.25, -0.2) is 9.98 Å². The summed E-state index contributed by atoms with van der Waals surface area (Å²) in [6.45, 7) is -0.461. The monoisotopic (exact) mass is 384 g/mol. The van der Waals surface area contributed by atoms with Gasteiger partial charge in [-0.05, 0) is 0 Å². The maximum absolute atomic E-state index is 12.2. The molecular formula is C13H16N6O8. The number of hydrogen-bond donors (Lipinski definition) is 6. The largest absolute Gasteiger partial charge is 0.387 e. The van der Waals surface area contributed by atoms with Crippen molar-refractivity contribution in [3.8, 4) is 0 Å².